The number of hydrogen-bond donors (Lipinski definition) is 1. The highest BCUT2D eigenvalue weighted by molar-refractivity contribution is 7.89. The SMILES string of the molecule is O=C(Nc1cccc2c1CCC2)[C@@H]1CCCN(S(=O)(=O)c2ccc(-n3cnnn3)cc2)C1. The van der Waals surface area contributed by atoms with Gasteiger partial charge >= 0.3 is 0 Å². The summed E-state index contributed by atoms with van der Waals surface area (Å²) in [4.78, 5) is 13.2. The molecule has 1 saturated heterocycles. The number of carbonyl (C=O) groups is 1. The fraction of sp³-hybridized carbons (Fsp3) is 0.364. The van der Waals surface area contributed by atoms with Crippen LogP contribution in [0.15, 0.2) is 53.7 Å². The topological polar surface area (TPSA) is 110 Å². The van der Waals surface area contributed by atoms with Gasteiger partial charge in [-0.1, -0.05) is 12.1 Å². The van der Waals surface area contributed by atoms with Gasteiger partial charge < -0.3 is 5.32 Å². The highest BCUT2D eigenvalue weighted by atomic mass is 32.2. The van der Waals surface area contributed by atoms with E-state index in [9.17, 15) is 13.2 Å². The monoisotopic (exact) mass is 452 g/mol. The predicted octanol–water partition coefficient (Wildman–Crippen LogP) is 2.19. The lowest BCUT2D eigenvalue weighted by atomic mass is 9.98. The number of anilines is 1. The van der Waals surface area contributed by atoms with E-state index in [0.717, 1.165) is 24.9 Å². The van der Waals surface area contributed by atoms with Gasteiger partial charge in [0.25, 0.3) is 0 Å². The largest absolute Gasteiger partial charge is 0.326 e. The van der Waals surface area contributed by atoms with Crippen LogP contribution in [0.5, 0.6) is 0 Å². The summed E-state index contributed by atoms with van der Waals surface area (Å²) in [6.07, 6.45) is 5.87. The maximum atomic E-state index is 13.2. The van der Waals surface area contributed by atoms with Crippen LogP contribution in [0.4, 0.5) is 5.69 Å². The summed E-state index contributed by atoms with van der Waals surface area (Å²) >= 11 is 0. The number of nitrogens with one attached hydrogen (secondary N) is 1. The minimum Gasteiger partial charge on any atom is -0.326 e. The molecule has 0 saturated carbocycles. The Balaban J connectivity index is 1.30. The molecule has 1 aromatic heterocycles. The van der Waals surface area contributed by atoms with Crippen molar-refractivity contribution >= 4 is 21.6 Å². The number of hydrogen-bond acceptors (Lipinski definition) is 6. The number of rotatable bonds is 5. The molecular weight excluding hydrogens is 428 g/mol. The Hall–Kier alpha value is -3.11. The summed E-state index contributed by atoms with van der Waals surface area (Å²) in [5, 5.41) is 14.0. The molecule has 0 bridgehead atoms. The van der Waals surface area contributed by atoms with Gasteiger partial charge in [-0.2, -0.15) is 4.31 Å². The van der Waals surface area contributed by atoms with E-state index in [4.69, 9.17) is 0 Å². The fourth-order valence-corrected chi connectivity index (χ4v) is 6.07. The molecule has 1 amide bonds. The Labute approximate surface area is 186 Å². The van der Waals surface area contributed by atoms with Crippen LogP contribution in [0.25, 0.3) is 5.69 Å². The first kappa shape index (κ1) is 20.8. The summed E-state index contributed by atoms with van der Waals surface area (Å²) in [5.41, 5.74) is 4.04. The summed E-state index contributed by atoms with van der Waals surface area (Å²) in [5.74, 6) is -0.490. The second kappa shape index (κ2) is 8.44. The smallest absolute Gasteiger partial charge is 0.243 e. The van der Waals surface area contributed by atoms with Gasteiger partial charge in [-0.15, -0.1) is 5.10 Å². The number of aryl methyl sites for hydroxylation is 1. The highest BCUT2D eigenvalue weighted by Crippen LogP contribution is 2.30. The van der Waals surface area contributed by atoms with E-state index < -0.39 is 10.0 Å². The zero-order valence-electron chi connectivity index (χ0n) is 17.5. The van der Waals surface area contributed by atoms with Crippen LogP contribution in [0.3, 0.4) is 0 Å². The van der Waals surface area contributed by atoms with Crippen molar-refractivity contribution in [3.8, 4) is 5.69 Å². The van der Waals surface area contributed by atoms with Crippen molar-refractivity contribution in [1.82, 2.24) is 24.5 Å². The fourth-order valence-electron chi connectivity index (χ4n) is 4.55. The summed E-state index contributed by atoms with van der Waals surface area (Å²) in [6, 6.07) is 12.4. The number of carbonyl (C=O) groups excluding carboxylic acids is 1. The van der Waals surface area contributed by atoms with Crippen LogP contribution in [-0.2, 0) is 27.7 Å². The first-order valence-electron chi connectivity index (χ1n) is 10.8. The molecule has 1 aliphatic heterocycles. The summed E-state index contributed by atoms with van der Waals surface area (Å²) in [6.45, 7) is 0.583. The van der Waals surface area contributed by atoms with Gasteiger partial charge in [-0.05, 0) is 84.0 Å². The molecular formula is C22H24N6O3S. The van der Waals surface area contributed by atoms with Crippen LogP contribution in [0.1, 0.15) is 30.4 Å². The molecule has 1 atom stereocenters. The van der Waals surface area contributed by atoms with E-state index in [2.05, 4.69) is 26.9 Å². The molecule has 32 heavy (non-hydrogen) atoms. The molecule has 2 heterocycles. The summed E-state index contributed by atoms with van der Waals surface area (Å²) in [7, 11) is -3.70. The van der Waals surface area contributed by atoms with Gasteiger partial charge in [0.2, 0.25) is 15.9 Å². The first-order chi connectivity index (χ1) is 15.5. The van der Waals surface area contributed by atoms with Crippen LogP contribution < -0.4 is 5.32 Å². The summed E-state index contributed by atoms with van der Waals surface area (Å²) < 4.78 is 29.3. The third-order valence-corrected chi connectivity index (χ3v) is 8.13. The molecule has 1 N–H and O–H groups in total. The number of aromatic nitrogens is 4. The molecule has 0 radical (unpaired) electrons. The van der Waals surface area contributed by atoms with E-state index in [0.29, 0.717) is 25.1 Å². The second-order valence-corrected chi connectivity index (χ2v) is 10.2. The minimum atomic E-state index is -3.70. The van der Waals surface area contributed by atoms with Gasteiger partial charge in [0, 0.05) is 18.8 Å². The van der Waals surface area contributed by atoms with E-state index in [1.54, 1.807) is 24.3 Å². The Morgan fingerprint density at radius 3 is 2.69 bits per heavy atom. The first-order valence-corrected chi connectivity index (χ1v) is 12.2. The molecule has 9 nitrogen and oxygen atoms in total. The van der Waals surface area contributed by atoms with Crippen molar-refractivity contribution in [3.63, 3.8) is 0 Å². The number of benzene rings is 2. The molecule has 0 unspecified atom stereocenters. The van der Waals surface area contributed by atoms with Crippen molar-refractivity contribution in [2.45, 2.75) is 37.0 Å². The Kier molecular flexibility index (Phi) is 5.48. The Bertz CT molecular complexity index is 1230. The Morgan fingerprint density at radius 2 is 1.91 bits per heavy atom. The maximum Gasteiger partial charge on any atom is 0.243 e. The molecule has 1 fully saturated rings. The molecule has 3 aromatic rings. The van der Waals surface area contributed by atoms with E-state index in [1.165, 1.54) is 26.4 Å². The highest BCUT2D eigenvalue weighted by Gasteiger charge is 2.33. The lowest BCUT2D eigenvalue weighted by molar-refractivity contribution is -0.120. The van der Waals surface area contributed by atoms with Gasteiger partial charge in [0.15, 0.2) is 0 Å². The van der Waals surface area contributed by atoms with E-state index in [-0.39, 0.29) is 23.3 Å². The number of sulfonamides is 1. The quantitative estimate of drug-likeness (QED) is 0.635. The molecule has 166 valence electrons. The van der Waals surface area contributed by atoms with Crippen LogP contribution in [0.2, 0.25) is 0 Å². The van der Waals surface area contributed by atoms with Crippen LogP contribution in [-0.4, -0.2) is 51.9 Å². The molecule has 2 aromatic carbocycles. The predicted molar refractivity (Wildman–Crippen MR) is 118 cm³/mol. The van der Waals surface area contributed by atoms with E-state index >= 15 is 0 Å². The number of fused-ring (bicyclic) bond motifs is 1. The van der Waals surface area contributed by atoms with Crippen molar-refractivity contribution in [3.05, 3.63) is 59.9 Å². The molecule has 10 heteroatoms. The van der Waals surface area contributed by atoms with Crippen molar-refractivity contribution < 1.29 is 13.2 Å². The average Bonchev–Trinajstić information content (AvgIpc) is 3.52. The minimum absolute atomic E-state index is 0.112. The molecule has 0 spiro atoms. The van der Waals surface area contributed by atoms with Gasteiger partial charge in [-0.25, -0.2) is 13.1 Å². The molecule has 2 aliphatic rings. The molecule has 1 aliphatic carbocycles. The number of tetrazole rings is 1. The van der Waals surface area contributed by atoms with Crippen molar-refractivity contribution in [2.75, 3.05) is 18.4 Å². The molecule has 5 rings (SSSR count). The number of nitrogens with zero attached hydrogens (tertiary/aromatic N) is 5. The number of amides is 1. The van der Waals surface area contributed by atoms with E-state index in [1.807, 2.05) is 12.1 Å². The van der Waals surface area contributed by atoms with Gasteiger partial charge in [-0.3, -0.25) is 4.79 Å². The van der Waals surface area contributed by atoms with Gasteiger partial charge in [0.05, 0.1) is 16.5 Å². The van der Waals surface area contributed by atoms with Crippen molar-refractivity contribution in [2.24, 2.45) is 5.92 Å². The zero-order chi connectivity index (χ0) is 22.1. The number of piperidine rings is 1. The Morgan fingerprint density at radius 1 is 1.06 bits per heavy atom. The second-order valence-electron chi connectivity index (χ2n) is 8.24. The van der Waals surface area contributed by atoms with Crippen LogP contribution in [0, 0.1) is 5.92 Å². The standard InChI is InChI=1S/C22H24N6O3S/c29-22(24-21-8-2-5-16-4-1-7-20(16)21)17-6-3-13-27(14-17)32(30,31)19-11-9-18(10-12-19)28-15-23-25-26-28/h2,5,8-12,15,17H,1,3-4,6-7,13-14H2,(H,24,29)/t17-/m1/s1. The average molecular weight is 453 g/mol. The normalized spacial score (nSPS) is 18.9. The third-order valence-electron chi connectivity index (χ3n) is 6.25. The third kappa shape index (κ3) is 3.91. The van der Waals surface area contributed by atoms with Crippen LogP contribution >= 0.6 is 0 Å². The lowest BCUT2D eigenvalue weighted by Crippen LogP contribution is -2.43. The van der Waals surface area contributed by atoms with Crippen molar-refractivity contribution in [1.29, 1.82) is 0 Å². The van der Waals surface area contributed by atoms with Gasteiger partial charge in [0.1, 0.15) is 6.33 Å². The zero-order valence-corrected chi connectivity index (χ0v) is 18.3. The lowest BCUT2D eigenvalue weighted by Gasteiger charge is -2.31. The maximum absolute atomic E-state index is 13.2.